The number of halogens is 1. The molecule has 0 unspecified atom stereocenters. The van der Waals surface area contributed by atoms with Crippen molar-refractivity contribution in [2.45, 2.75) is 5.88 Å². The number of aliphatic hydroxyl groups excluding tert-OH is 1. The van der Waals surface area contributed by atoms with E-state index >= 15 is 0 Å². The first kappa shape index (κ1) is 11.7. The van der Waals surface area contributed by atoms with E-state index in [1.165, 1.54) is 18.2 Å². The van der Waals surface area contributed by atoms with Crippen molar-refractivity contribution in [2.24, 2.45) is 0 Å². The summed E-state index contributed by atoms with van der Waals surface area (Å²) >= 11 is 5.62. The Hall–Kier alpha value is -1.33. The standard InChI is InChI=1S/C9H10ClNO4/c10-6-7-5-8(11(13)14)1-2-9(7)15-4-3-12/h1-2,5,12H,3-4,6H2. The maximum absolute atomic E-state index is 10.5. The Kier molecular flexibility index (Phi) is 4.33. The van der Waals surface area contributed by atoms with Gasteiger partial charge in [-0.3, -0.25) is 10.1 Å². The van der Waals surface area contributed by atoms with Gasteiger partial charge in [-0.15, -0.1) is 11.6 Å². The molecule has 5 nitrogen and oxygen atoms in total. The van der Waals surface area contributed by atoms with Gasteiger partial charge in [0.1, 0.15) is 12.4 Å². The highest BCUT2D eigenvalue weighted by Gasteiger charge is 2.10. The molecule has 15 heavy (non-hydrogen) atoms. The molecule has 1 aromatic carbocycles. The molecule has 1 N–H and O–H groups in total. The van der Waals surface area contributed by atoms with E-state index in [-0.39, 0.29) is 24.8 Å². The Morgan fingerprint density at radius 1 is 1.53 bits per heavy atom. The minimum absolute atomic E-state index is 0.0259. The Bertz CT molecular complexity index is 356. The normalized spacial score (nSPS) is 10.0. The fraction of sp³-hybridized carbons (Fsp3) is 0.333. The highest BCUT2D eigenvalue weighted by atomic mass is 35.5. The van der Waals surface area contributed by atoms with Crippen LogP contribution < -0.4 is 4.74 Å². The molecule has 0 aliphatic heterocycles. The topological polar surface area (TPSA) is 72.6 Å². The molecule has 0 aliphatic rings. The number of nitro groups is 1. The number of aliphatic hydroxyl groups is 1. The zero-order valence-electron chi connectivity index (χ0n) is 7.85. The van der Waals surface area contributed by atoms with Gasteiger partial charge in [-0.1, -0.05) is 0 Å². The molecule has 0 aromatic heterocycles. The van der Waals surface area contributed by atoms with Gasteiger partial charge >= 0.3 is 0 Å². The molecular formula is C9H10ClNO4. The van der Waals surface area contributed by atoms with Crippen molar-refractivity contribution < 1.29 is 14.8 Å². The molecule has 0 bridgehead atoms. The third-order valence-corrected chi connectivity index (χ3v) is 2.04. The van der Waals surface area contributed by atoms with Crippen LogP contribution in [0.1, 0.15) is 5.56 Å². The van der Waals surface area contributed by atoms with Gasteiger partial charge in [0.25, 0.3) is 5.69 Å². The van der Waals surface area contributed by atoms with Crippen LogP contribution in [0.2, 0.25) is 0 Å². The Balaban J connectivity index is 2.93. The van der Waals surface area contributed by atoms with Crippen molar-refractivity contribution in [3.63, 3.8) is 0 Å². The van der Waals surface area contributed by atoms with E-state index in [0.717, 1.165) is 0 Å². The van der Waals surface area contributed by atoms with Gasteiger partial charge in [-0.2, -0.15) is 0 Å². The molecule has 0 aliphatic carbocycles. The van der Waals surface area contributed by atoms with E-state index in [4.69, 9.17) is 21.4 Å². The van der Waals surface area contributed by atoms with Crippen LogP contribution in [0, 0.1) is 10.1 Å². The lowest BCUT2D eigenvalue weighted by Gasteiger charge is -2.07. The van der Waals surface area contributed by atoms with Crippen LogP contribution in [0.5, 0.6) is 5.75 Å². The molecule has 0 amide bonds. The smallest absolute Gasteiger partial charge is 0.270 e. The van der Waals surface area contributed by atoms with Crippen LogP contribution in [0.25, 0.3) is 0 Å². The summed E-state index contributed by atoms with van der Waals surface area (Å²) in [4.78, 5) is 9.98. The molecule has 82 valence electrons. The van der Waals surface area contributed by atoms with Crippen molar-refractivity contribution in [2.75, 3.05) is 13.2 Å². The summed E-state index contributed by atoms with van der Waals surface area (Å²) in [6, 6.07) is 4.17. The van der Waals surface area contributed by atoms with Gasteiger partial charge in [-0.05, 0) is 6.07 Å². The van der Waals surface area contributed by atoms with E-state index in [1.807, 2.05) is 0 Å². The first-order valence-corrected chi connectivity index (χ1v) is 4.79. The molecule has 6 heteroatoms. The minimum atomic E-state index is -0.494. The lowest BCUT2D eigenvalue weighted by Crippen LogP contribution is -2.03. The van der Waals surface area contributed by atoms with Crippen LogP contribution >= 0.6 is 11.6 Å². The largest absolute Gasteiger partial charge is 0.491 e. The number of ether oxygens (including phenoxy) is 1. The van der Waals surface area contributed by atoms with Crippen LogP contribution in [0.3, 0.4) is 0 Å². The number of nitro benzene ring substituents is 1. The summed E-state index contributed by atoms with van der Waals surface area (Å²) < 4.78 is 5.15. The summed E-state index contributed by atoms with van der Waals surface area (Å²) in [6.07, 6.45) is 0. The number of hydrogen-bond acceptors (Lipinski definition) is 4. The quantitative estimate of drug-likeness (QED) is 0.476. The van der Waals surface area contributed by atoms with Gasteiger partial charge in [-0.25, -0.2) is 0 Å². The lowest BCUT2D eigenvalue weighted by molar-refractivity contribution is -0.384. The van der Waals surface area contributed by atoms with Crippen LogP contribution in [0.15, 0.2) is 18.2 Å². The van der Waals surface area contributed by atoms with Crippen molar-refractivity contribution in [3.05, 3.63) is 33.9 Å². The van der Waals surface area contributed by atoms with Crippen molar-refractivity contribution in [3.8, 4) is 5.75 Å². The SMILES string of the molecule is O=[N+]([O-])c1ccc(OCCO)c(CCl)c1. The maximum atomic E-state index is 10.5. The average molecular weight is 232 g/mol. The fourth-order valence-electron chi connectivity index (χ4n) is 1.08. The van der Waals surface area contributed by atoms with Gasteiger partial charge in [0.2, 0.25) is 0 Å². The molecule has 0 radical (unpaired) electrons. The lowest BCUT2D eigenvalue weighted by atomic mass is 10.2. The predicted octanol–water partition coefficient (Wildman–Crippen LogP) is 1.70. The number of alkyl halides is 1. The highest BCUT2D eigenvalue weighted by molar-refractivity contribution is 6.17. The van der Waals surface area contributed by atoms with Crippen LogP contribution in [-0.2, 0) is 5.88 Å². The van der Waals surface area contributed by atoms with E-state index < -0.39 is 4.92 Å². The summed E-state index contributed by atoms with van der Waals surface area (Å²) in [7, 11) is 0. The Morgan fingerprint density at radius 3 is 2.80 bits per heavy atom. The molecule has 1 aromatic rings. The van der Waals surface area contributed by atoms with Gasteiger partial charge in [0.05, 0.1) is 17.4 Å². The first-order chi connectivity index (χ1) is 7.19. The van der Waals surface area contributed by atoms with Crippen LogP contribution in [-0.4, -0.2) is 23.2 Å². The summed E-state index contributed by atoms with van der Waals surface area (Å²) in [5.41, 5.74) is 0.515. The summed E-state index contributed by atoms with van der Waals surface area (Å²) in [5, 5.41) is 19.0. The first-order valence-electron chi connectivity index (χ1n) is 4.26. The van der Waals surface area contributed by atoms with Gasteiger partial charge in [0.15, 0.2) is 0 Å². The highest BCUT2D eigenvalue weighted by Crippen LogP contribution is 2.25. The van der Waals surface area contributed by atoms with E-state index in [9.17, 15) is 10.1 Å². The molecule has 0 heterocycles. The maximum Gasteiger partial charge on any atom is 0.270 e. The Morgan fingerprint density at radius 2 is 2.27 bits per heavy atom. The second kappa shape index (κ2) is 5.53. The average Bonchev–Trinajstić information content (AvgIpc) is 2.25. The molecule has 0 atom stereocenters. The zero-order chi connectivity index (χ0) is 11.3. The van der Waals surface area contributed by atoms with Gasteiger partial charge in [0, 0.05) is 17.7 Å². The molecule has 0 saturated carbocycles. The van der Waals surface area contributed by atoms with Crippen molar-refractivity contribution in [1.82, 2.24) is 0 Å². The van der Waals surface area contributed by atoms with E-state index in [1.54, 1.807) is 0 Å². The minimum Gasteiger partial charge on any atom is -0.491 e. The molecular weight excluding hydrogens is 222 g/mol. The number of nitrogens with zero attached hydrogens (tertiary/aromatic N) is 1. The molecule has 0 saturated heterocycles. The van der Waals surface area contributed by atoms with Crippen molar-refractivity contribution in [1.29, 1.82) is 0 Å². The molecule has 1 rings (SSSR count). The monoisotopic (exact) mass is 231 g/mol. The number of rotatable bonds is 5. The van der Waals surface area contributed by atoms with Gasteiger partial charge < -0.3 is 9.84 Å². The Labute approximate surface area is 91.4 Å². The molecule has 0 fully saturated rings. The zero-order valence-corrected chi connectivity index (χ0v) is 8.61. The number of hydrogen-bond donors (Lipinski definition) is 1. The van der Waals surface area contributed by atoms with E-state index in [0.29, 0.717) is 11.3 Å². The van der Waals surface area contributed by atoms with Crippen molar-refractivity contribution >= 4 is 17.3 Å². The third-order valence-electron chi connectivity index (χ3n) is 1.75. The third kappa shape index (κ3) is 3.07. The summed E-state index contributed by atoms with van der Waals surface area (Å²) in [6.45, 7) is 0.0282. The number of non-ortho nitro benzene ring substituents is 1. The summed E-state index contributed by atoms with van der Waals surface area (Å²) in [5.74, 6) is 0.590. The fourth-order valence-corrected chi connectivity index (χ4v) is 1.29. The molecule has 0 spiro atoms. The number of benzene rings is 1. The second-order valence-corrected chi connectivity index (χ2v) is 3.02. The van der Waals surface area contributed by atoms with E-state index in [2.05, 4.69) is 0 Å². The predicted molar refractivity (Wildman–Crippen MR) is 55.2 cm³/mol. The second-order valence-electron chi connectivity index (χ2n) is 2.75. The van der Waals surface area contributed by atoms with Crippen LogP contribution in [0.4, 0.5) is 5.69 Å².